The standard InChI is InChI=1S/C13H16N2O2S2/c1-15(10-6-7-19(16,17)9-10)8-13-14-11-4-2-3-5-12(11)18-13/h2-5,10H,6-9H2,1H3/p+1/t10-/m0/s1. The predicted molar refractivity (Wildman–Crippen MR) is 77.3 cm³/mol. The highest BCUT2D eigenvalue weighted by atomic mass is 32.2. The maximum absolute atomic E-state index is 11.5. The van der Waals surface area contributed by atoms with E-state index < -0.39 is 9.84 Å². The Bertz CT molecular complexity index is 660. The predicted octanol–water partition coefficient (Wildman–Crippen LogP) is 0.498. The molecule has 2 atom stereocenters. The van der Waals surface area contributed by atoms with Gasteiger partial charge in [-0.1, -0.05) is 12.1 Å². The van der Waals surface area contributed by atoms with Crippen LogP contribution < -0.4 is 4.90 Å². The van der Waals surface area contributed by atoms with Gasteiger partial charge in [0.1, 0.15) is 23.3 Å². The minimum atomic E-state index is -2.80. The number of para-hydroxylation sites is 1. The van der Waals surface area contributed by atoms with Gasteiger partial charge in [0.05, 0.1) is 23.0 Å². The number of benzene rings is 1. The van der Waals surface area contributed by atoms with Gasteiger partial charge in [0.2, 0.25) is 0 Å². The Balaban J connectivity index is 1.74. The molecule has 1 fully saturated rings. The molecule has 0 bridgehead atoms. The summed E-state index contributed by atoms with van der Waals surface area (Å²) in [5, 5.41) is 1.09. The first-order valence-electron chi connectivity index (χ1n) is 6.41. The van der Waals surface area contributed by atoms with Gasteiger partial charge in [0, 0.05) is 6.42 Å². The zero-order valence-corrected chi connectivity index (χ0v) is 12.4. The second-order valence-electron chi connectivity index (χ2n) is 5.20. The maximum Gasteiger partial charge on any atom is 0.156 e. The summed E-state index contributed by atoms with van der Waals surface area (Å²) < 4.78 is 24.2. The molecule has 1 unspecified atom stereocenters. The number of hydrogen-bond donors (Lipinski definition) is 1. The third kappa shape index (κ3) is 2.80. The number of aromatic nitrogens is 1. The fraction of sp³-hybridized carbons (Fsp3) is 0.462. The van der Waals surface area contributed by atoms with Gasteiger partial charge in [-0.05, 0) is 12.1 Å². The molecule has 3 rings (SSSR count). The highest BCUT2D eigenvalue weighted by Crippen LogP contribution is 2.21. The number of quaternary nitrogens is 1. The molecule has 1 saturated heterocycles. The van der Waals surface area contributed by atoms with Crippen molar-refractivity contribution in [1.82, 2.24) is 4.98 Å². The number of rotatable bonds is 3. The lowest BCUT2D eigenvalue weighted by Crippen LogP contribution is -3.12. The summed E-state index contributed by atoms with van der Waals surface area (Å²) >= 11 is 1.70. The van der Waals surface area contributed by atoms with Crippen LogP contribution in [0.4, 0.5) is 0 Å². The second kappa shape index (κ2) is 4.85. The molecule has 19 heavy (non-hydrogen) atoms. The van der Waals surface area contributed by atoms with Gasteiger partial charge in [-0.3, -0.25) is 0 Å². The van der Waals surface area contributed by atoms with E-state index in [1.165, 1.54) is 9.60 Å². The summed E-state index contributed by atoms with van der Waals surface area (Å²) in [7, 11) is -0.728. The summed E-state index contributed by atoms with van der Waals surface area (Å²) in [5.41, 5.74) is 1.04. The Morgan fingerprint density at radius 1 is 1.42 bits per heavy atom. The zero-order valence-electron chi connectivity index (χ0n) is 10.8. The molecule has 0 saturated carbocycles. The van der Waals surface area contributed by atoms with Crippen LogP contribution in [-0.4, -0.2) is 38.0 Å². The van der Waals surface area contributed by atoms with Crippen molar-refractivity contribution in [1.29, 1.82) is 0 Å². The summed E-state index contributed by atoms with van der Waals surface area (Å²) in [5.74, 6) is 0.665. The third-order valence-electron chi connectivity index (χ3n) is 3.70. The summed E-state index contributed by atoms with van der Waals surface area (Å²) in [6.07, 6.45) is 0.777. The quantitative estimate of drug-likeness (QED) is 0.897. The number of sulfone groups is 1. The van der Waals surface area contributed by atoms with Crippen molar-refractivity contribution in [3.63, 3.8) is 0 Å². The molecular weight excluding hydrogens is 280 g/mol. The summed E-state index contributed by atoms with van der Waals surface area (Å²) in [6.45, 7) is 0.805. The van der Waals surface area contributed by atoms with Crippen LogP contribution in [0.5, 0.6) is 0 Å². The van der Waals surface area contributed by atoms with Crippen molar-refractivity contribution in [3.05, 3.63) is 29.3 Å². The Kier molecular flexibility index (Phi) is 3.32. The van der Waals surface area contributed by atoms with Crippen LogP contribution in [0, 0.1) is 0 Å². The molecule has 0 radical (unpaired) electrons. The van der Waals surface area contributed by atoms with Crippen LogP contribution in [0.3, 0.4) is 0 Å². The minimum absolute atomic E-state index is 0.219. The molecule has 1 aliphatic heterocycles. The smallest absolute Gasteiger partial charge is 0.156 e. The number of hydrogen-bond acceptors (Lipinski definition) is 4. The zero-order chi connectivity index (χ0) is 13.5. The molecular formula is C13H17N2O2S2+. The van der Waals surface area contributed by atoms with E-state index in [0.29, 0.717) is 11.5 Å². The molecule has 4 nitrogen and oxygen atoms in total. The average Bonchev–Trinajstić information content (AvgIpc) is 2.91. The van der Waals surface area contributed by atoms with E-state index in [1.54, 1.807) is 11.3 Å². The molecule has 6 heteroatoms. The van der Waals surface area contributed by atoms with Gasteiger partial charge in [0.15, 0.2) is 9.84 Å². The summed E-state index contributed by atoms with van der Waals surface area (Å²) in [4.78, 5) is 5.86. The molecule has 1 aliphatic rings. The van der Waals surface area contributed by atoms with Gasteiger partial charge in [-0.15, -0.1) is 11.3 Å². The SMILES string of the molecule is C[NH+](Cc1nc2ccccc2s1)[C@H]1CCS(=O)(=O)C1. The molecule has 102 valence electrons. The Hall–Kier alpha value is -0.980. The Morgan fingerprint density at radius 3 is 2.89 bits per heavy atom. The van der Waals surface area contributed by atoms with Crippen molar-refractivity contribution in [2.75, 3.05) is 18.6 Å². The molecule has 0 amide bonds. The fourth-order valence-corrected chi connectivity index (χ4v) is 5.50. The Labute approximate surface area is 117 Å². The van der Waals surface area contributed by atoms with E-state index in [4.69, 9.17) is 0 Å². The van der Waals surface area contributed by atoms with Gasteiger partial charge in [-0.25, -0.2) is 13.4 Å². The first kappa shape index (κ1) is 13.0. The topological polar surface area (TPSA) is 51.5 Å². The van der Waals surface area contributed by atoms with Gasteiger partial charge in [0.25, 0.3) is 0 Å². The lowest BCUT2D eigenvalue weighted by atomic mass is 10.2. The number of nitrogens with zero attached hydrogens (tertiary/aromatic N) is 1. The molecule has 2 heterocycles. The molecule has 0 aliphatic carbocycles. The molecule has 1 aromatic carbocycles. The number of thiazole rings is 1. The van der Waals surface area contributed by atoms with E-state index in [-0.39, 0.29) is 6.04 Å². The first-order valence-corrected chi connectivity index (χ1v) is 9.04. The van der Waals surface area contributed by atoms with Crippen molar-refractivity contribution in [3.8, 4) is 0 Å². The van der Waals surface area contributed by atoms with Gasteiger partial charge in [-0.2, -0.15) is 0 Å². The van der Waals surface area contributed by atoms with E-state index in [9.17, 15) is 8.42 Å². The normalized spacial score (nSPS) is 23.7. The Morgan fingerprint density at radius 2 is 2.21 bits per heavy atom. The summed E-state index contributed by atoms with van der Waals surface area (Å²) in [6, 6.07) is 8.32. The molecule has 2 aromatic rings. The van der Waals surface area contributed by atoms with Gasteiger partial charge >= 0.3 is 0 Å². The third-order valence-corrected chi connectivity index (χ3v) is 6.50. The highest BCUT2D eigenvalue weighted by Gasteiger charge is 2.33. The molecule has 0 spiro atoms. The first-order chi connectivity index (χ1) is 9.03. The minimum Gasteiger partial charge on any atom is -0.328 e. The van der Waals surface area contributed by atoms with Crippen molar-refractivity contribution in [2.24, 2.45) is 0 Å². The van der Waals surface area contributed by atoms with Crippen molar-refractivity contribution >= 4 is 31.4 Å². The van der Waals surface area contributed by atoms with E-state index in [0.717, 1.165) is 23.5 Å². The van der Waals surface area contributed by atoms with Crippen LogP contribution in [0.25, 0.3) is 10.2 Å². The fourth-order valence-electron chi connectivity index (χ4n) is 2.56. The van der Waals surface area contributed by atoms with Crippen molar-refractivity contribution < 1.29 is 13.3 Å². The van der Waals surface area contributed by atoms with Crippen LogP contribution in [0.2, 0.25) is 0 Å². The molecule has 1 N–H and O–H groups in total. The highest BCUT2D eigenvalue weighted by molar-refractivity contribution is 7.91. The van der Waals surface area contributed by atoms with E-state index in [2.05, 4.69) is 18.1 Å². The number of nitrogens with one attached hydrogen (secondary N) is 1. The van der Waals surface area contributed by atoms with E-state index in [1.807, 2.05) is 18.2 Å². The lowest BCUT2D eigenvalue weighted by Gasteiger charge is -2.18. The van der Waals surface area contributed by atoms with Crippen LogP contribution in [0.1, 0.15) is 11.4 Å². The number of fused-ring (bicyclic) bond motifs is 1. The van der Waals surface area contributed by atoms with Crippen LogP contribution in [-0.2, 0) is 16.4 Å². The lowest BCUT2D eigenvalue weighted by molar-refractivity contribution is -0.916. The van der Waals surface area contributed by atoms with E-state index >= 15 is 0 Å². The largest absolute Gasteiger partial charge is 0.328 e. The van der Waals surface area contributed by atoms with Crippen LogP contribution in [0.15, 0.2) is 24.3 Å². The van der Waals surface area contributed by atoms with Gasteiger partial charge < -0.3 is 4.90 Å². The van der Waals surface area contributed by atoms with Crippen molar-refractivity contribution in [2.45, 2.75) is 19.0 Å². The monoisotopic (exact) mass is 297 g/mol. The molecule has 1 aromatic heterocycles. The average molecular weight is 297 g/mol. The van der Waals surface area contributed by atoms with Crippen LogP contribution >= 0.6 is 11.3 Å². The second-order valence-corrected chi connectivity index (χ2v) is 8.54. The maximum atomic E-state index is 11.5.